The van der Waals surface area contributed by atoms with Crippen molar-refractivity contribution < 1.29 is 9.53 Å². The van der Waals surface area contributed by atoms with Crippen LogP contribution in [-0.4, -0.2) is 45.2 Å². The Labute approximate surface area is 195 Å². The summed E-state index contributed by atoms with van der Waals surface area (Å²) in [6.07, 6.45) is 0. The summed E-state index contributed by atoms with van der Waals surface area (Å²) >= 11 is 5.07. The summed E-state index contributed by atoms with van der Waals surface area (Å²) in [6, 6.07) is 17.2. The van der Waals surface area contributed by atoms with Crippen molar-refractivity contribution in [2.75, 3.05) is 13.1 Å². The molecule has 5 rings (SSSR count). The van der Waals surface area contributed by atoms with E-state index in [2.05, 4.69) is 36.9 Å². The number of para-hydroxylation sites is 1. The number of fused-ring (bicyclic) bond motifs is 1. The number of aromatic amines is 2. The highest BCUT2D eigenvalue weighted by Gasteiger charge is 2.32. The maximum absolute atomic E-state index is 12.8. The average Bonchev–Trinajstić information content (AvgIpc) is 3.46. The first kappa shape index (κ1) is 21.3. The predicted octanol–water partition coefficient (Wildman–Crippen LogP) is 3.39. The standard InChI is InChI=1S/C24H24N6O2S/c1-14-10-16(18-4-2-3-5-20(18)26-14)13-32-17-8-6-15(7-9-17)23(31)27-21-12-25-11-19(21)22-28-24(33)30-29-22/h2-10,19,21,25H,11-13H2,1H3,(H,27,31)(H2,28,29,30,33)/t19-,21+/m0/s1. The minimum Gasteiger partial charge on any atom is -0.489 e. The Balaban J connectivity index is 1.23. The molecule has 1 aliphatic rings. The minimum absolute atomic E-state index is 0.0307. The number of aromatic nitrogens is 4. The van der Waals surface area contributed by atoms with Crippen molar-refractivity contribution in [2.24, 2.45) is 0 Å². The molecule has 1 fully saturated rings. The zero-order chi connectivity index (χ0) is 22.8. The third-order valence-electron chi connectivity index (χ3n) is 5.84. The van der Waals surface area contributed by atoms with Crippen LogP contribution < -0.4 is 15.4 Å². The first-order valence-electron chi connectivity index (χ1n) is 10.8. The normalized spacial score (nSPS) is 17.8. The van der Waals surface area contributed by atoms with Crippen LogP contribution in [0.25, 0.3) is 10.9 Å². The van der Waals surface area contributed by atoms with E-state index in [9.17, 15) is 4.79 Å². The highest BCUT2D eigenvalue weighted by molar-refractivity contribution is 7.71. The number of rotatable bonds is 6. The summed E-state index contributed by atoms with van der Waals surface area (Å²) in [4.78, 5) is 20.4. The van der Waals surface area contributed by atoms with Gasteiger partial charge in [-0.3, -0.25) is 14.9 Å². The van der Waals surface area contributed by atoms with Gasteiger partial charge in [0.15, 0.2) is 4.77 Å². The number of amides is 1. The average molecular weight is 461 g/mol. The van der Waals surface area contributed by atoms with E-state index >= 15 is 0 Å². The van der Waals surface area contributed by atoms with Crippen LogP contribution in [0.1, 0.15) is 33.4 Å². The lowest BCUT2D eigenvalue weighted by Crippen LogP contribution is -2.39. The summed E-state index contributed by atoms with van der Waals surface area (Å²) in [5.41, 5.74) is 3.57. The third kappa shape index (κ3) is 4.64. The number of nitrogens with one attached hydrogen (secondary N) is 4. The van der Waals surface area contributed by atoms with Gasteiger partial charge in [0.2, 0.25) is 0 Å². The SMILES string of the molecule is Cc1cc(COc2ccc(C(=O)N[C@@H]3CNC[C@@H]3c3n[nH]c(=S)[nH]3)cc2)c2ccccc2n1. The molecular weight excluding hydrogens is 436 g/mol. The van der Waals surface area contributed by atoms with Crippen LogP contribution in [0.15, 0.2) is 54.6 Å². The molecule has 0 spiro atoms. The van der Waals surface area contributed by atoms with Gasteiger partial charge in [-0.25, -0.2) is 0 Å². The second kappa shape index (κ2) is 9.13. The molecule has 1 aliphatic heterocycles. The predicted molar refractivity (Wildman–Crippen MR) is 128 cm³/mol. The number of nitrogens with zero attached hydrogens (tertiary/aromatic N) is 2. The summed E-state index contributed by atoms with van der Waals surface area (Å²) in [6.45, 7) is 3.80. The Morgan fingerprint density at radius 1 is 1.18 bits per heavy atom. The van der Waals surface area contributed by atoms with E-state index in [1.165, 1.54) is 0 Å². The van der Waals surface area contributed by atoms with Crippen LogP contribution in [0.5, 0.6) is 5.75 Å². The Morgan fingerprint density at radius 3 is 2.79 bits per heavy atom. The molecule has 0 saturated carbocycles. The maximum atomic E-state index is 12.8. The molecule has 3 heterocycles. The number of benzene rings is 2. The number of carbonyl (C=O) groups is 1. The minimum atomic E-state index is -0.134. The number of carbonyl (C=O) groups excluding carboxylic acids is 1. The van der Waals surface area contributed by atoms with Crippen LogP contribution in [0.4, 0.5) is 0 Å². The first-order chi connectivity index (χ1) is 16.1. The van der Waals surface area contributed by atoms with Crippen molar-refractivity contribution in [3.8, 4) is 5.75 Å². The van der Waals surface area contributed by atoms with E-state index in [0.29, 0.717) is 29.2 Å². The lowest BCUT2D eigenvalue weighted by atomic mass is 10.0. The second-order valence-electron chi connectivity index (χ2n) is 8.16. The van der Waals surface area contributed by atoms with Gasteiger partial charge in [0.1, 0.15) is 18.2 Å². The molecule has 0 bridgehead atoms. The van der Waals surface area contributed by atoms with E-state index in [0.717, 1.165) is 34.5 Å². The molecule has 9 heteroatoms. The fourth-order valence-corrected chi connectivity index (χ4v) is 4.36. The van der Waals surface area contributed by atoms with Crippen molar-refractivity contribution in [3.63, 3.8) is 0 Å². The van der Waals surface area contributed by atoms with Crippen LogP contribution in [0.2, 0.25) is 0 Å². The highest BCUT2D eigenvalue weighted by atomic mass is 32.1. The molecule has 0 unspecified atom stereocenters. The fraction of sp³-hybridized carbons (Fsp3) is 0.250. The molecule has 2 aromatic carbocycles. The first-order valence-corrected chi connectivity index (χ1v) is 11.2. The smallest absolute Gasteiger partial charge is 0.251 e. The largest absolute Gasteiger partial charge is 0.489 e. The third-order valence-corrected chi connectivity index (χ3v) is 6.04. The van der Waals surface area contributed by atoms with Crippen molar-refractivity contribution in [1.29, 1.82) is 0 Å². The number of ether oxygens (including phenoxy) is 1. The summed E-state index contributed by atoms with van der Waals surface area (Å²) < 4.78 is 6.48. The molecule has 1 saturated heterocycles. The van der Waals surface area contributed by atoms with Crippen molar-refractivity contribution in [2.45, 2.75) is 25.5 Å². The fourth-order valence-electron chi connectivity index (χ4n) is 4.21. The van der Waals surface area contributed by atoms with Gasteiger partial charge >= 0.3 is 0 Å². The van der Waals surface area contributed by atoms with Gasteiger partial charge < -0.3 is 20.4 Å². The Morgan fingerprint density at radius 2 is 2.00 bits per heavy atom. The van der Waals surface area contributed by atoms with E-state index in [4.69, 9.17) is 17.0 Å². The zero-order valence-electron chi connectivity index (χ0n) is 18.1. The topological polar surface area (TPSA) is 108 Å². The van der Waals surface area contributed by atoms with Gasteiger partial charge in [-0.1, -0.05) is 18.2 Å². The molecule has 2 aromatic heterocycles. The molecule has 4 N–H and O–H groups in total. The quantitative estimate of drug-likeness (QED) is 0.329. The number of hydrogen-bond acceptors (Lipinski definition) is 6. The molecule has 0 aliphatic carbocycles. The van der Waals surface area contributed by atoms with Crippen LogP contribution in [0, 0.1) is 11.7 Å². The van der Waals surface area contributed by atoms with Gasteiger partial charge in [-0.15, -0.1) is 0 Å². The number of hydrogen-bond donors (Lipinski definition) is 4. The van der Waals surface area contributed by atoms with E-state index in [-0.39, 0.29) is 17.9 Å². The zero-order valence-corrected chi connectivity index (χ0v) is 18.9. The van der Waals surface area contributed by atoms with Crippen molar-refractivity contribution in [1.82, 2.24) is 30.8 Å². The van der Waals surface area contributed by atoms with Gasteiger partial charge in [0.25, 0.3) is 5.91 Å². The number of pyridine rings is 1. The second-order valence-corrected chi connectivity index (χ2v) is 8.57. The van der Waals surface area contributed by atoms with Crippen LogP contribution in [-0.2, 0) is 6.61 Å². The van der Waals surface area contributed by atoms with Crippen molar-refractivity contribution in [3.05, 3.63) is 82.0 Å². The van der Waals surface area contributed by atoms with Gasteiger partial charge in [-0.2, -0.15) is 5.10 Å². The molecule has 0 radical (unpaired) electrons. The molecule has 1 amide bonds. The Bertz CT molecular complexity index is 1350. The van der Waals surface area contributed by atoms with Gasteiger partial charge in [0, 0.05) is 35.3 Å². The molecular formula is C24H24N6O2S. The number of H-pyrrole nitrogens is 2. The Kier molecular flexibility index (Phi) is 5.89. The van der Waals surface area contributed by atoms with Crippen LogP contribution >= 0.6 is 12.2 Å². The molecule has 33 heavy (non-hydrogen) atoms. The summed E-state index contributed by atoms with van der Waals surface area (Å²) in [5.74, 6) is 1.35. The molecule has 2 atom stereocenters. The molecule has 168 valence electrons. The van der Waals surface area contributed by atoms with Crippen molar-refractivity contribution >= 4 is 29.0 Å². The highest BCUT2D eigenvalue weighted by Crippen LogP contribution is 2.22. The lowest BCUT2D eigenvalue weighted by molar-refractivity contribution is 0.0936. The molecule has 4 aromatic rings. The lowest BCUT2D eigenvalue weighted by Gasteiger charge is -2.18. The van der Waals surface area contributed by atoms with Gasteiger partial charge in [-0.05, 0) is 55.5 Å². The van der Waals surface area contributed by atoms with E-state index in [1.807, 2.05) is 43.3 Å². The van der Waals surface area contributed by atoms with E-state index < -0.39 is 0 Å². The Hall–Kier alpha value is -3.56. The van der Waals surface area contributed by atoms with Gasteiger partial charge in [0.05, 0.1) is 17.5 Å². The number of aryl methyl sites for hydroxylation is 1. The maximum Gasteiger partial charge on any atom is 0.251 e. The van der Waals surface area contributed by atoms with E-state index in [1.54, 1.807) is 12.1 Å². The van der Waals surface area contributed by atoms with Crippen LogP contribution in [0.3, 0.4) is 0 Å². The molecule has 8 nitrogen and oxygen atoms in total. The summed E-state index contributed by atoms with van der Waals surface area (Å²) in [5, 5.41) is 14.4. The summed E-state index contributed by atoms with van der Waals surface area (Å²) in [7, 11) is 0. The monoisotopic (exact) mass is 460 g/mol.